The summed E-state index contributed by atoms with van der Waals surface area (Å²) in [6.45, 7) is 5.55. The van der Waals surface area contributed by atoms with Gasteiger partial charge in [0.25, 0.3) is 5.79 Å². The van der Waals surface area contributed by atoms with Crippen LogP contribution in [0.15, 0.2) is 45.1 Å². The molecule has 0 aromatic rings. The maximum Gasteiger partial charge on any atom is 0.338 e. The topological polar surface area (TPSA) is 209 Å². The lowest BCUT2D eigenvalue weighted by Crippen LogP contribution is -2.68. The Bertz CT molecular complexity index is 2070. The fourth-order valence-corrected chi connectivity index (χ4v) is 13.0. The molecular formula is C39H40O14. The van der Waals surface area contributed by atoms with Crippen molar-refractivity contribution in [3.63, 3.8) is 0 Å². The summed E-state index contributed by atoms with van der Waals surface area (Å²) in [4.78, 5) is 80.6. The van der Waals surface area contributed by atoms with Crippen molar-refractivity contribution in [2.75, 3.05) is 19.8 Å². The second-order valence-corrected chi connectivity index (χ2v) is 17.5. The summed E-state index contributed by atoms with van der Waals surface area (Å²) in [7, 11) is 0. The number of carbonyl (C=O) groups is 6. The zero-order valence-corrected chi connectivity index (χ0v) is 29.7. The normalized spacial score (nSPS) is 50.3. The predicted molar refractivity (Wildman–Crippen MR) is 173 cm³/mol. The fraction of sp³-hybridized carbons (Fsp3) is 0.641. The van der Waals surface area contributed by atoms with Gasteiger partial charge in [0.1, 0.15) is 25.4 Å². The Balaban J connectivity index is 1.21. The second-order valence-electron chi connectivity index (χ2n) is 17.5. The lowest BCUT2D eigenvalue weighted by molar-refractivity contribution is -0.202. The number of hydrogen-bond acceptors (Lipinski definition) is 14. The van der Waals surface area contributed by atoms with Gasteiger partial charge in [0, 0.05) is 34.6 Å². The number of esters is 5. The number of aliphatic hydroxyl groups is 3. The molecule has 14 heteroatoms. The van der Waals surface area contributed by atoms with Gasteiger partial charge in [-0.25, -0.2) is 14.4 Å². The molecule has 0 aromatic carbocycles. The average molecular weight is 733 g/mol. The van der Waals surface area contributed by atoms with E-state index in [9.17, 15) is 44.1 Å². The zero-order valence-electron chi connectivity index (χ0n) is 29.7. The van der Waals surface area contributed by atoms with Crippen LogP contribution in [0.5, 0.6) is 0 Å². The third-order valence-electron chi connectivity index (χ3n) is 15.3. The molecule has 3 aliphatic heterocycles. The lowest BCUT2D eigenvalue weighted by Gasteiger charge is -2.63. The van der Waals surface area contributed by atoms with Crippen molar-refractivity contribution in [1.82, 2.24) is 0 Å². The minimum atomic E-state index is -2.70. The summed E-state index contributed by atoms with van der Waals surface area (Å²) in [6, 6.07) is 0. The smallest absolute Gasteiger partial charge is 0.338 e. The predicted octanol–water partition coefficient (Wildman–Crippen LogP) is 1.20. The second kappa shape index (κ2) is 9.74. The molecule has 3 heterocycles. The van der Waals surface area contributed by atoms with E-state index in [0.717, 1.165) is 0 Å². The summed E-state index contributed by atoms with van der Waals surface area (Å²) >= 11 is 0. The van der Waals surface area contributed by atoms with Crippen molar-refractivity contribution < 1.29 is 67.8 Å². The average Bonchev–Trinajstić information content (AvgIpc) is 4.01. The van der Waals surface area contributed by atoms with E-state index in [2.05, 4.69) is 0 Å². The molecule has 2 bridgehead atoms. The summed E-state index contributed by atoms with van der Waals surface area (Å²) in [5.41, 5.74) is -6.19. The van der Waals surface area contributed by atoms with Crippen LogP contribution >= 0.6 is 0 Å². The van der Waals surface area contributed by atoms with E-state index < -0.39 is 87.5 Å². The number of ether oxygens (including phenoxy) is 5. The Kier molecular flexibility index (Phi) is 6.15. The Hall–Kier alpha value is -4.14. The van der Waals surface area contributed by atoms with Gasteiger partial charge in [-0.2, -0.15) is 0 Å². The highest BCUT2D eigenvalue weighted by atomic mass is 16.7. The van der Waals surface area contributed by atoms with E-state index in [4.69, 9.17) is 23.7 Å². The maximum atomic E-state index is 14.5. The van der Waals surface area contributed by atoms with Crippen LogP contribution < -0.4 is 0 Å². The lowest BCUT2D eigenvalue weighted by atomic mass is 9.42. The molecule has 5 saturated carbocycles. The van der Waals surface area contributed by atoms with E-state index >= 15 is 0 Å². The van der Waals surface area contributed by atoms with Gasteiger partial charge in [0.2, 0.25) is 5.78 Å². The van der Waals surface area contributed by atoms with Gasteiger partial charge in [0.15, 0.2) is 5.60 Å². The van der Waals surface area contributed by atoms with Crippen LogP contribution in [0.2, 0.25) is 0 Å². The Morgan fingerprint density at radius 1 is 0.755 bits per heavy atom. The number of fused-ring (bicyclic) bond motifs is 9. The molecule has 0 radical (unpaired) electrons. The standard InChI is InChI=1S/C39H40O14/c1-15-7-27(42)51-14-37(47)22-8-19(22)34(3)23(37)10-18-17(13-50-26(41)6-5-25(40)49-12-15)32(44)52-38(18)24(34)11-36(46)21-9-20(21)35(4)30(36)29(38)28-16(2)31(43)53-39(28,48)33(35)45/h7,19-24,46-48H,5-6,8-14H2,1-4H3/b15-7+/t19-,20+,21-,22-,23+,24-,34-,35-,36-,37-,38-,39-/m0/s1. The van der Waals surface area contributed by atoms with Crippen LogP contribution in [0.3, 0.4) is 0 Å². The van der Waals surface area contributed by atoms with Gasteiger partial charge in [0.05, 0.1) is 29.4 Å². The molecule has 14 nitrogen and oxygen atoms in total. The van der Waals surface area contributed by atoms with Gasteiger partial charge in [-0.05, 0) is 92.3 Å². The number of carbonyl (C=O) groups excluding carboxylic acids is 6. The summed E-state index contributed by atoms with van der Waals surface area (Å²) in [5, 5.41) is 38.0. The minimum absolute atomic E-state index is 0.0140. The largest absolute Gasteiger partial charge is 0.461 e. The van der Waals surface area contributed by atoms with Crippen LogP contribution in [0.1, 0.15) is 66.2 Å². The number of cyclic esters (lactones) is 3. The molecule has 7 aliphatic carbocycles. The molecule has 53 heavy (non-hydrogen) atoms. The third-order valence-corrected chi connectivity index (χ3v) is 15.3. The molecule has 0 amide bonds. The summed E-state index contributed by atoms with van der Waals surface area (Å²) in [5.74, 6) is -10.0. The Morgan fingerprint density at radius 3 is 2.15 bits per heavy atom. The third kappa shape index (κ3) is 3.66. The highest BCUT2D eigenvalue weighted by molar-refractivity contribution is 6.10. The molecule has 1 spiro atoms. The molecule has 0 unspecified atom stereocenters. The summed E-state index contributed by atoms with van der Waals surface area (Å²) < 4.78 is 28.6. The molecule has 12 atom stereocenters. The molecule has 5 fully saturated rings. The number of hydrogen-bond donors (Lipinski definition) is 3. The minimum Gasteiger partial charge on any atom is -0.461 e. The van der Waals surface area contributed by atoms with Crippen molar-refractivity contribution in [1.29, 1.82) is 0 Å². The molecule has 10 rings (SSSR count). The van der Waals surface area contributed by atoms with Gasteiger partial charge in [-0.15, -0.1) is 0 Å². The van der Waals surface area contributed by atoms with Gasteiger partial charge >= 0.3 is 29.8 Å². The number of rotatable bonds is 0. The van der Waals surface area contributed by atoms with E-state index in [0.29, 0.717) is 29.6 Å². The summed E-state index contributed by atoms with van der Waals surface area (Å²) in [6.07, 6.45) is 1.63. The SMILES string of the molecule is CC1=C2C3=C4[C@@](C)(C(=O)[C@@]2(O)OC1=O)[C@@H]1C[C@@H]1[C@@]4(O)C[C@@H]1[C@]32OC(=O)C3=C2C[C@H]2[C@](O)(COC(=O)/C=C(\C)COC(=O)CCC(=O)OC3)[C@H]3C[C@@H]3[C@]12C. The van der Waals surface area contributed by atoms with Crippen molar-refractivity contribution in [3.05, 3.63) is 45.1 Å². The first kappa shape index (κ1) is 33.4. The Morgan fingerprint density at radius 2 is 1.43 bits per heavy atom. The quantitative estimate of drug-likeness (QED) is 0.236. The first-order valence-electron chi connectivity index (χ1n) is 18.4. The van der Waals surface area contributed by atoms with Crippen LogP contribution in [0.4, 0.5) is 0 Å². The molecular weight excluding hydrogens is 692 g/mol. The van der Waals surface area contributed by atoms with Crippen LogP contribution in [0.25, 0.3) is 0 Å². The van der Waals surface area contributed by atoms with Gasteiger partial charge < -0.3 is 39.0 Å². The monoisotopic (exact) mass is 732 g/mol. The van der Waals surface area contributed by atoms with Crippen molar-refractivity contribution in [2.24, 2.45) is 46.3 Å². The highest BCUT2D eigenvalue weighted by Crippen LogP contribution is 2.84. The van der Waals surface area contributed by atoms with E-state index in [1.165, 1.54) is 13.0 Å². The molecule has 280 valence electrons. The molecule has 0 aromatic heterocycles. The van der Waals surface area contributed by atoms with E-state index in [1.54, 1.807) is 13.8 Å². The molecule has 3 N–H and O–H groups in total. The fourth-order valence-electron chi connectivity index (χ4n) is 13.0. The van der Waals surface area contributed by atoms with Crippen LogP contribution in [-0.2, 0) is 52.5 Å². The van der Waals surface area contributed by atoms with Crippen molar-refractivity contribution in [3.8, 4) is 0 Å². The highest BCUT2D eigenvalue weighted by Gasteiger charge is 2.87. The van der Waals surface area contributed by atoms with Gasteiger partial charge in [-0.1, -0.05) is 6.92 Å². The maximum absolute atomic E-state index is 14.5. The van der Waals surface area contributed by atoms with Gasteiger partial charge in [-0.3, -0.25) is 14.4 Å². The zero-order chi connectivity index (χ0) is 37.6. The first-order valence-corrected chi connectivity index (χ1v) is 18.4. The van der Waals surface area contributed by atoms with Crippen LogP contribution in [0, 0.1) is 46.3 Å². The van der Waals surface area contributed by atoms with Crippen LogP contribution in [-0.4, -0.2) is 93.4 Å². The Labute approximate surface area is 303 Å². The molecule has 10 aliphatic rings. The number of Topliss-reactive ketones (excluding diaryl/α,β-unsaturated/α-hetero) is 1. The number of ketones is 1. The van der Waals surface area contributed by atoms with Crippen molar-refractivity contribution >= 4 is 35.6 Å². The van der Waals surface area contributed by atoms with E-state index in [1.807, 2.05) is 6.92 Å². The first-order chi connectivity index (χ1) is 24.9. The molecule has 0 saturated heterocycles. The van der Waals surface area contributed by atoms with Crippen molar-refractivity contribution in [2.45, 2.75) is 88.8 Å². The van der Waals surface area contributed by atoms with E-state index in [-0.39, 0.29) is 84.9 Å².